The molecule has 2 heteroatoms. The number of hydrogen-bond donors (Lipinski definition) is 0. The molecule has 2 nitrogen and oxygen atoms in total. The summed E-state index contributed by atoms with van der Waals surface area (Å²) >= 11 is 0. The van der Waals surface area contributed by atoms with Crippen molar-refractivity contribution in [1.82, 2.24) is 0 Å². The zero-order valence-electron chi connectivity index (χ0n) is 28.4. The first-order valence-corrected chi connectivity index (χ1v) is 17.8. The van der Waals surface area contributed by atoms with Crippen LogP contribution in [0.1, 0.15) is 0 Å². The molecular formula is C50H33NO. The van der Waals surface area contributed by atoms with E-state index in [0.717, 1.165) is 44.4 Å². The summed E-state index contributed by atoms with van der Waals surface area (Å²) in [7, 11) is 0. The van der Waals surface area contributed by atoms with Crippen molar-refractivity contribution < 1.29 is 4.42 Å². The first-order valence-electron chi connectivity index (χ1n) is 17.8. The average molecular weight is 664 g/mol. The van der Waals surface area contributed by atoms with Gasteiger partial charge < -0.3 is 9.32 Å². The highest BCUT2D eigenvalue weighted by Gasteiger charge is 2.21. The number of fused-ring (bicyclic) bond motifs is 6. The number of furan rings is 1. The van der Waals surface area contributed by atoms with Crippen molar-refractivity contribution in [2.24, 2.45) is 0 Å². The number of anilines is 3. The van der Waals surface area contributed by atoms with E-state index in [9.17, 15) is 0 Å². The maximum Gasteiger partial charge on any atom is 0.159 e. The minimum atomic E-state index is 0.861. The van der Waals surface area contributed by atoms with E-state index < -0.39 is 0 Å². The van der Waals surface area contributed by atoms with Gasteiger partial charge in [0.05, 0.1) is 5.69 Å². The summed E-state index contributed by atoms with van der Waals surface area (Å²) < 4.78 is 7.00. The molecule has 1 aromatic heterocycles. The number of hydrogen-bond acceptors (Lipinski definition) is 2. The third kappa shape index (κ3) is 5.12. The van der Waals surface area contributed by atoms with Crippen LogP contribution in [0.4, 0.5) is 17.1 Å². The van der Waals surface area contributed by atoms with Crippen LogP contribution in [0.3, 0.4) is 0 Å². The smallest absolute Gasteiger partial charge is 0.159 e. The fourth-order valence-electron chi connectivity index (χ4n) is 7.69. The summed E-state index contributed by atoms with van der Waals surface area (Å²) in [4.78, 5) is 2.31. The summed E-state index contributed by atoms with van der Waals surface area (Å²) in [5.74, 6) is 0. The van der Waals surface area contributed by atoms with Gasteiger partial charge in [-0.2, -0.15) is 0 Å². The maximum atomic E-state index is 7.00. The van der Waals surface area contributed by atoms with Crippen molar-refractivity contribution in [2.75, 3.05) is 4.90 Å². The topological polar surface area (TPSA) is 16.4 Å². The van der Waals surface area contributed by atoms with Gasteiger partial charge in [0.2, 0.25) is 0 Å². The summed E-state index contributed by atoms with van der Waals surface area (Å²) in [6.07, 6.45) is 0. The van der Waals surface area contributed by atoms with Crippen LogP contribution in [0.25, 0.3) is 76.9 Å². The van der Waals surface area contributed by atoms with Crippen LogP contribution in [0.15, 0.2) is 205 Å². The average Bonchev–Trinajstić information content (AvgIpc) is 3.61. The number of benzene rings is 9. The molecule has 0 aliphatic rings. The molecule has 1 heterocycles. The summed E-state index contributed by atoms with van der Waals surface area (Å²) in [6.45, 7) is 0. The van der Waals surface area contributed by atoms with E-state index >= 15 is 0 Å². The van der Waals surface area contributed by atoms with Gasteiger partial charge in [0.1, 0.15) is 5.58 Å². The van der Waals surface area contributed by atoms with E-state index in [1.807, 2.05) is 0 Å². The predicted octanol–water partition coefficient (Wildman–Crippen LogP) is 14.4. The van der Waals surface area contributed by atoms with Gasteiger partial charge in [-0.1, -0.05) is 152 Å². The molecule has 0 atom stereocenters. The Morgan fingerprint density at radius 2 is 0.865 bits per heavy atom. The van der Waals surface area contributed by atoms with Gasteiger partial charge in [0, 0.05) is 27.5 Å². The monoisotopic (exact) mass is 663 g/mol. The zero-order chi connectivity index (χ0) is 34.4. The van der Waals surface area contributed by atoms with E-state index in [1.165, 1.54) is 49.5 Å². The summed E-state index contributed by atoms with van der Waals surface area (Å²) in [5.41, 5.74) is 12.1. The lowest BCUT2D eigenvalue weighted by molar-refractivity contribution is 0.673. The highest BCUT2D eigenvalue weighted by molar-refractivity contribution is 6.21. The standard InChI is InChI=1S/C50H33NO/c1-3-13-34(14-4-1)38-17-11-18-40(32-38)46-33-47-45-23-12-24-48(50(45)52-49(47)44-22-10-9-21-43(44)46)51(41-19-5-2-6-20-41)42-29-27-36(28-30-42)39-26-25-35-15-7-8-16-37(35)31-39/h1-33H. The summed E-state index contributed by atoms with van der Waals surface area (Å²) in [5, 5.41) is 6.96. The lowest BCUT2D eigenvalue weighted by atomic mass is 9.93. The van der Waals surface area contributed by atoms with Crippen LogP contribution >= 0.6 is 0 Å². The van der Waals surface area contributed by atoms with E-state index in [4.69, 9.17) is 4.42 Å². The fraction of sp³-hybridized carbons (Fsp3) is 0. The first-order chi connectivity index (χ1) is 25.8. The van der Waals surface area contributed by atoms with Crippen molar-refractivity contribution in [3.63, 3.8) is 0 Å². The number of nitrogens with zero attached hydrogens (tertiary/aromatic N) is 1. The Kier molecular flexibility index (Phi) is 7.18. The molecule has 10 aromatic rings. The maximum absolute atomic E-state index is 7.00. The summed E-state index contributed by atoms with van der Waals surface area (Å²) in [6, 6.07) is 71.5. The Hall–Kier alpha value is -6.90. The molecule has 0 saturated heterocycles. The fourth-order valence-corrected chi connectivity index (χ4v) is 7.69. The molecule has 0 spiro atoms. The molecule has 9 aromatic carbocycles. The SMILES string of the molecule is c1ccc(-c2cccc(-c3cc4c5cccc(N(c6ccccc6)c6ccc(-c7ccc8ccccc8c7)cc6)c5oc4c4ccccc34)c2)cc1. The van der Waals surface area contributed by atoms with Crippen LogP contribution < -0.4 is 4.90 Å². The Morgan fingerprint density at radius 3 is 1.69 bits per heavy atom. The van der Waals surface area contributed by atoms with Gasteiger partial charge in [0.15, 0.2) is 5.58 Å². The third-order valence-electron chi connectivity index (χ3n) is 10.2. The van der Waals surface area contributed by atoms with Gasteiger partial charge in [-0.05, 0) is 98.1 Å². The Labute approximate surface area is 302 Å². The van der Waals surface area contributed by atoms with Crippen LogP contribution in [0.2, 0.25) is 0 Å². The molecule has 0 aliphatic carbocycles. The second-order valence-corrected chi connectivity index (χ2v) is 13.3. The van der Waals surface area contributed by atoms with Gasteiger partial charge in [0.25, 0.3) is 0 Å². The quantitative estimate of drug-likeness (QED) is 0.176. The van der Waals surface area contributed by atoms with Crippen LogP contribution in [-0.2, 0) is 0 Å². The Balaban J connectivity index is 1.14. The number of rotatable bonds is 6. The molecule has 0 bridgehead atoms. The van der Waals surface area contributed by atoms with Crippen molar-refractivity contribution >= 4 is 60.5 Å². The van der Waals surface area contributed by atoms with Gasteiger partial charge in [-0.15, -0.1) is 0 Å². The molecule has 0 N–H and O–H groups in total. The normalized spacial score (nSPS) is 11.5. The highest BCUT2D eigenvalue weighted by Crippen LogP contribution is 2.46. The van der Waals surface area contributed by atoms with E-state index in [2.05, 4.69) is 205 Å². The Bertz CT molecular complexity index is 2890. The molecule has 0 saturated carbocycles. The van der Waals surface area contributed by atoms with E-state index in [0.29, 0.717) is 0 Å². The second-order valence-electron chi connectivity index (χ2n) is 13.3. The van der Waals surface area contributed by atoms with E-state index in [-0.39, 0.29) is 0 Å². The minimum Gasteiger partial charge on any atom is -0.453 e. The molecule has 10 rings (SSSR count). The highest BCUT2D eigenvalue weighted by atomic mass is 16.3. The molecule has 0 radical (unpaired) electrons. The molecule has 0 fully saturated rings. The molecular weight excluding hydrogens is 631 g/mol. The van der Waals surface area contributed by atoms with Crippen molar-refractivity contribution in [3.05, 3.63) is 200 Å². The second kappa shape index (κ2) is 12.5. The lowest BCUT2D eigenvalue weighted by Crippen LogP contribution is -2.10. The van der Waals surface area contributed by atoms with Crippen LogP contribution in [-0.4, -0.2) is 0 Å². The van der Waals surface area contributed by atoms with E-state index in [1.54, 1.807) is 0 Å². The molecule has 0 amide bonds. The third-order valence-corrected chi connectivity index (χ3v) is 10.2. The molecule has 0 aliphatic heterocycles. The van der Waals surface area contributed by atoms with Gasteiger partial charge in [-0.3, -0.25) is 0 Å². The molecule has 52 heavy (non-hydrogen) atoms. The van der Waals surface area contributed by atoms with Crippen molar-refractivity contribution in [1.29, 1.82) is 0 Å². The predicted molar refractivity (Wildman–Crippen MR) is 220 cm³/mol. The van der Waals surface area contributed by atoms with Crippen molar-refractivity contribution in [3.8, 4) is 33.4 Å². The zero-order valence-corrected chi connectivity index (χ0v) is 28.4. The molecule has 0 unspecified atom stereocenters. The Morgan fingerprint density at radius 1 is 0.308 bits per heavy atom. The molecule has 244 valence electrons. The first kappa shape index (κ1) is 30.0. The number of para-hydroxylation sites is 2. The van der Waals surface area contributed by atoms with Crippen LogP contribution in [0, 0.1) is 0 Å². The van der Waals surface area contributed by atoms with Gasteiger partial charge >= 0.3 is 0 Å². The van der Waals surface area contributed by atoms with Crippen molar-refractivity contribution in [2.45, 2.75) is 0 Å². The van der Waals surface area contributed by atoms with Crippen LogP contribution in [0.5, 0.6) is 0 Å². The lowest BCUT2D eigenvalue weighted by Gasteiger charge is -2.25. The minimum absolute atomic E-state index is 0.861. The van der Waals surface area contributed by atoms with Gasteiger partial charge in [-0.25, -0.2) is 0 Å². The largest absolute Gasteiger partial charge is 0.453 e.